The monoisotopic (exact) mass is 480 g/mol. The second kappa shape index (κ2) is 10.9. The molecule has 0 aromatic heterocycles. The molecule has 2 aliphatic heterocycles. The number of likely N-dealkylation sites (N-methyl/N-ethyl adjacent to an activating group) is 1. The van der Waals surface area contributed by atoms with Crippen LogP contribution in [-0.4, -0.2) is 98.4 Å². The number of halogens is 2. The maximum absolute atomic E-state index is 13.1. The van der Waals surface area contributed by atoms with Crippen LogP contribution in [0.25, 0.3) is 0 Å². The first-order chi connectivity index (χ1) is 13.9. The van der Waals surface area contributed by atoms with Gasteiger partial charge < -0.3 is 29.9 Å². The molecular formula is C21H38Cl2N4O4. The van der Waals surface area contributed by atoms with Crippen molar-refractivity contribution in [2.75, 3.05) is 60.0 Å². The normalized spacial score (nSPS) is 31.0. The fourth-order valence-corrected chi connectivity index (χ4v) is 5.82. The predicted octanol–water partition coefficient (Wildman–Crippen LogP) is 1.60. The van der Waals surface area contributed by atoms with Gasteiger partial charge in [-0.15, -0.1) is 24.8 Å². The topological polar surface area (TPSA) is 88.3 Å². The van der Waals surface area contributed by atoms with Gasteiger partial charge in [0.25, 0.3) is 0 Å². The van der Waals surface area contributed by atoms with E-state index in [1.54, 1.807) is 7.11 Å². The van der Waals surface area contributed by atoms with Gasteiger partial charge >= 0.3 is 6.09 Å². The fourth-order valence-electron chi connectivity index (χ4n) is 5.82. The summed E-state index contributed by atoms with van der Waals surface area (Å²) in [6, 6.07) is 0.0343. The van der Waals surface area contributed by atoms with Gasteiger partial charge in [0.05, 0.1) is 19.1 Å². The second-order valence-electron chi connectivity index (χ2n) is 9.53. The van der Waals surface area contributed by atoms with Crippen LogP contribution in [-0.2, 0) is 14.3 Å². The molecule has 4 fully saturated rings. The Labute approximate surface area is 197 Å². The number of hydrogen-bond donors (Lipinski definition) is 1. The van der Waals surface area contributed by atoms with E-state index >= 15 is 0 Å². The molecule has 2 saturated heterocycles. The summed E-state index contributed by atoms with van der Waals surface area (Å²) in [4.78, 5) is 31.4. The molecule has 8 nitrogen and oxygen atoms in total. The third-order valence-corrected chi connectivity index (χ3v) is 7.72. The van der Waals surface area contributed by atoms with E-state index in [0.29, 0.717) is 44.6 Å². The summed E-state index contributed by atoms with van der Waals surface area (Å²) in [5.74, 6) is 1.26. The lowest BCUT2D eigenvalue weighted by molar-refractivity contribution is -0.141. The van der Waals surface area contributed by atoms with Crippen molar-refractivity contribution in [1.29, 1.82) is 0 Å². The van der Waals surface area contributed by atoms with Crippen LogP contribution in [0.2, 0.25) is 0 Å². The molecule has 2 saturated carbocycles. The quantitative estimate of drug-likeness (QED) is 0.595. The van der Waals surface area contributed by atoms with E-state index in [1.807, 2.05) is 16.8 Å². The number of amides is 2. The molecule has 4 aliphatic rings. The van der Waals surface area contributed by atoms with Crippen molar-refractivity contribution in [3.8, 4) is 0 Å². The van der Waals surface area contributed by atoms with E-state index in [-0.39, 0.29) is 48.8 Å². The third-order valence-electron chi connectivity index (χ3n) is 7.72. The molecule has 10 heteroatoms. The molecule has 1 spiro atoms. The number of ether oxygens (including phenoxy) is 2. The number of likely N-dealkylation sites (tertiary alicyclic amines) is 1. The van der Waals surface area contributed by atoms with E-state index in [9.17, 15) is 9.59 Å². The SMILES string of the molecule is COCCN(C)CCN1CC2(CCN(C(=O)[C@@H]3[C@@H]4CC[C@@H](C4)[C@@H]3N)CC2)OC1=O.Cl.Cl. The molecule has 0 aromatic carbocycles. The number of carbonyl (C=O) groups excluding carboxylic acids is 2. The van der Waals surface area contributed by atoms with Gasteiger partial charge in [-0.1, -0.05) is 0 Å². The Hall–Kier alpha value is -0.800. The molecule has 0 radical (unpaired) electrons. The van der Waals surface area contributed by atoms with E-state index in [4.69, 9.17) is 15.2 Å². The molecule has 180 valence electrons. The van der Waals surface area contributed by atoms with Gasteiger partial charge in [0, 0.05) is 58.7 Å². The van der Waals surface area contributed by atoms with Gasteiger partial charge in [-0.05, 0) is 38.1 Å². The highest BCUT2D eigenvalue weighted by atomic mass is 35.5. The van der Waals surface area contributed by atoms with Gasteiger partial charge in [0.15, 0.2) is 0 Å². The number of nitrogens with zero attached hydrogens (tertiary/aromatic N) is 3. The van der Waals surface area contributed by atoms with Crippen molar-refractivity contribution in [2.45, 2.75) is 43.7 Å². The highest BCUT2D eigenvalue weighted by molar-refractivity contribution is 5.85. The summed E-state index contributed by atoms with van der Waals surface area (Å²) >= 11 is 0. The minimum absolute atomic E-state index is 0. The van der Waals surface area contributed by atoms with E-state index in [1.165, 1.54) is 6.42 Å². The summed E-state index contributed by atoms with van der Waals surface area (Å²) in [5.41, 5.74) is 5.94. The van der Waals surface area contributed by atoms with Crippen LogP contribution in [0.5, 0.6) is 0 Å². The molecule has 4 rings (SSSR count). The van der Waals surface area contributed by atoms with Crippen molar-refractivity contribution < 1.29 is 19.1 Å². The van der Waals surface area contributed by atoms with Crippen LogP contribution in [0.3, 0.4) is 0 Å². The highest BCUT2D eigenvalue weighted by Gasteiger charge is 2.52. The molecule has 2 aliphatic carbocycles. The van der Waals surface area contributed by atoms with Gasteiger partial charge in [-0.2, -0.15) is 0 Å². The minimum Gasteiger partial charge on any atom is -0.441 e. The summed E-state index contributed by atoms with van der Waals surface area (Å²) < 4.78 is 10.9. The third kappa shape index (κ3) is 5.41. The van der Waals surface area contributed by atoms with Crippen molar-refractivity contribution in [1.82, 2.24) is 14.7 Å². The van der Waals surface area contributed by atoms with Crippen LogP contribution in [0.1, 0.15) is 32.1 Å². The van der Waals surface area contributed by atoms with Gasteiger partial charge in [0.1, 0.15) is 5.60 Å². The fraction of sp³-hybridized carbons (Fsp3) is 0.905. The molecule has 2 amide bonds. The summed E-state index contributed by atoms with van der Waals surface area (Å²) in [7, 11) is 3.72. The average molecular weight is 481 g/mol. The Kier molecular flexibility index (Phi) is 9.28. The van der Waals surface area contributed by atoms with Crippen molar-refractivity contribution in [3.63, 3.8) is 0 Å². The van der Waals surface area contributed by atoms with Gasteiger partial charge in [-0.3, -0.25) is 4.79 Å². The first-order valence-electron chi connectivity index (χ1n) is 11.1. The number of piperidine rings is 1. The van der Waals surface area contributed by atoms with E-state index in [0.717, 1.165) is 38.8 Å². The van der Waals surface area contributed by atoms with E-state index in [2.05, 4.69) is 4.90 Å². The smallest absolute Gasteiger partial charge is 0.410 e. The minimum atomic E-state index is -0.435. The molecule has 0 aromatic rings. The van der Waals surface area contributed by atoms with Crippen molar-refractivity contribution in [2.24, 2.45) is 23.5 Å². The Morgan fingerprint density at radius 2 is 1.90 bits per heavy atom. The predicted molar refractivity (Wildman–Crippen MR) is 123 cm³/mol. The number of methoxy groups -OCH3 is 1. The Morgan fingerprint density at radius 1 is 1.23 bits per heavy atom. The van der Waals surface area contributed by atoms with Crippen molar-refractivity contribution >= 4 is 36.8 Å². The standard InChI is InChI=1S/C21H36N4O4.2ClH/c1-23(11-12-28-2)9-10-25-14-21(29-20(25)27)5-7-24(8-6-21)19(26)17-15-3-4-16(13-15)18(17)22;;/h15-18H,3-14,22H2,1-2H3;2*1H/t15-,16+,17-,18+;;/m1../s1. The zero-order valence-corrected chi connectivity index (χ0v) is 20.3. The molecular weight excluding hydrogens is 443 g/mol. The van der Waals surface area contributed by atoms with Gasteiger partial charge in [0.2, 0.25) is 5.91 Å². The van der Waals surface area contributed by atoms with Crippen molar-refractivity contribution in [3.05, 3.63) is 0 Å². The lowest BCUT2D eigenvalue weighted by Gasteiger charge is -2.40. The Balaban J connectivity index is 0.00000171. The zero-order chi connectivity index (χ0) is 20.6. The maximum atomic E-state index is 13.1. The maximum Gasteiger partial charge on any atom is 0.410 e. The molecule has 4 atom stereocenters. The van der Waals surface area contributed by atoms with Crippen LogP contribution in [0.4, 0.5) is 4.79 Å². The van der Waals surface area contributed by atoms with Crippen LogP contribution in [0.15, 0.2) is 0 Å². The van der Waals surface area contributed by atoms with Crippen LogP contribution in [0, 0.1) is 17.8 Å². The Morgan fingerprint density at radius 3 is 2.52 bits per heavy atom. The van der Waals surface area contributed by atoms with Gasteiger partial charge in [-0.25, -0.2) is 4.79 Å². The average Bonchev–Trinajstić information content (AvgIpc) is 3.38. The molecule has 2 heterocycles. The number of hydrogen-bond acceptors (Lipinski definition) is 6. The van der Waals surface area contributed by atoms with Crippen LogP contribution < -0.4 is 5.73 Å². The second-order valence-corrected chi connectivity index (χ2v) is 9.53. The lowest BCUT2D eigenvalue weighted by Crippen LogP contribution is -2.53. The van der Waals surface area contributed by atoms with Crippen LogP contribution >= 0.6 is 24.8 Å². The highest BCUT2D eigenvalue weighted by Crippen LogP contribution is 2.48. The molecule has 0 unspecified atom stereocenters. The first-order valence-corrected chi connectivity index (χ1v) is 11.1. The summed E-state index contributed by atoms with van der Waals surface area (Å²) in [6.45, 7) is 4.92. The molecule has 2 bridgehead atoms. The van der Waals surface area contributed by atoms with E-state index < -0.39 is 5.60 Å². The largest absolute Gasteiger partial charge is 0.441 e. The number of carbonyl (C=O) groups is 2. The first kappa shape index (κ1) is 26.5. The summed E-state index contributed by atoms with van der Waals surface area (Å²) in [5, 5.41) is 0. The molecule has 31 heavy (non-hydrogen) atoms. The Bertz CT molecular complexity index is 631. The number of nitrogens with two attached hydrogens (primary N) is 1. The molecule has 2 N–H and O–H groups in total. The lowest BCUT2D eigenvalue weighted by atomic mass is 9.83. The number of rotatable bonds is 7. The summed E-state index contributed by atoms with van der Waals surface area (Å²) in [6.07, 6.45) is 4.68. The number of fused-ring (bicyclic) bond motifs is 2. The zero-order valence-electron chi connectivity index (χ0n) is 18.7.